The van der Waals surface area contributed by atoms with E-state index in [9.17, 15) is 0 Å². The van der Waals surface area contributed by atoms with Crippen LogP contribution in [0.15, 0.2) is 4.99 Å². The number of rotatable bonds is 5. The topological polar surface area (TPSA) is 36.4 Å². The Morgan fingerprint density at radius 3 is 2.19 bits per heavy atom. The van der Waals surface area contributed by atoms with Crippen LogP contribution in [0.4, 0.5) is 0 Å². The summed E-state index contributed by atoms with van der Waals surface area (Å²) in [5.74, 6) is 1.99. The first-order valence-corrected chi connectivity index (χ1v) is 6.83. The molecular weight excluding hydrogens is 198 g/mol. The van der Waals surface area contributed by atoms with Crippen molar-refractivity contribution in [3.8, 4) is 0 Å². The third-order valence-corrected chi connectivity index (χ3v) is 4.03. The van der Waals surface area contributed by atoms with Crippen LogP contribution >= 0.6 is 0 Å². The van der Waals surface area contributed by atoms with Crippen LogP contribution in [0.3, 0.4) is 0 Å². The van der Waals surface area contributed by atoms with E-state index in [0.717, 1.165) is 31.5 Å². The standard InChI is InChI=1S/C13H25N3/c1-3-14-12(15-4-2)16-10-13(8-5-9-13)11-6-7-11/h11H,3-10H2,1-2H3,(H2,14,15,16). The van der Waals surface area contributed by atoms with Crippen molar-refractivity contribution >= 4 is 5.96 Å². The lowest BCUT2D eigenvalue weighted by molar-refractivity contribution is 0.113. The summed E-state index contributed by atoms with van der Waals surface area (Å²) in [6, 6.07) is 0. The summed E-state index contributed by atoms with van der Waals surface area (Å²) in [5, 5.41) is 6.61. The summed E-state index contributed by atoms with van der Waals surface area (Å²) in [4.78, 5) is 4.75. The van der Waals surface area contributed by atoms with Crippen LogP contribution < -0.4 is 10.6 Å². The van der Waals surface area contributed by atoms with Gasteiger partial charge in [-0.1, -0.05) is 6.42 Å². The Morgan fingerprint density at radius 2 is 1.81 bits per heavy atom. The van der Waals surface area contributed by atoms with Gasteiger partial charge in [0.2, 0.25) is 0 Å². The molecule has 3 heteroatoms. The molecule has 0 radical (unpaired) electrons. The maximum absolute atomic E-state index is 4.75. The molecule has 0 aliphatic heterocycles. The van der Waals surface area contributed by atoms with Gasteiger partial charge < -0.3 is 10.6 Å². The molecule has 2 saturated carbocycles. The summed E-state index contributed by atoms with van der Waals surface area (Å²) in [7, 11) is 0. The molecule has 2 fully saturated rings. The van der Waals surface area contributed by atoms with Gasteiger partial charge in [-0.15, -0.1) is 0 Å². The van der Waals surface area contributed by atoms with Crippen molar-refractivity contribution in [2.24, 2.45) is 16.3 Å². The highest BCUT2D eigenvalue weighted by Crippen LogP contribution is 2.57. The minimum Gasteiger partial charge on any atom is -0.357 e. The van der Waals surface area contributed by atoms with Crippen molar-refractivity contribution in [2.45, 2.75) is 46.0 Å². The van der Waals surface area contributed by atoms with E-state index in [4.69, 9.17) is 4.99 Å². The van der Waals surface area contributed by atoms with E-state index >= 15 is 0 Å². The fraction of sp³-hybridized carbons (Fsp3) is 0.923. The first-order valence-electron chi connectivity index (χ1n) is 6.83. The molecule has 0 aromatic carbocycles. The van der Waals surface area contributed by atoms with Gasteiger partial charge in [-0.3, -0.25) is 4.99 Å². The first-order chi connectivity index (χ1) is 7.80. The summed E-state index contributed by atoms with van der Waals surface area (Å²) >= 11 is 0. The van der Waals surface area contributed by atoms with Gasteiger partial charge in [0.05, 0.1) is 0 Å². The smallest absolute Gasteiger partial charge is 0.191 e. The van der Waals surface area contributed by atoms with Crippen LogP contribution in [0.1, 0.15) is 46.0 Å². The molecule has 0 heterocycles. The Morgan fingerprint density at radius 1 is 1.19 bits per heavy atom. The van der Waals surface area contributed by atoms with Gasteiger partial charge in [0.15, 0.2) is 5.96 Å². The van der Waals surface area contributed by atoms with Crippen LogP contribution in [-0.2, 0) is 0 Å². The molecule has 0 aromatic rings. The average molecular weight is 223 g/mol. The highest BCUT2D eigenvalue weighted by Gasteiger charge is 2.48. The summed E-state index contributed by atoms with van der Waals surface area (Å²) < 4.78 is 0. The van der Waals surface area contributed by atoms with Crippen molar-refractivity contribution in [1.29, 1.82) is 0 Å². The van der Waals surface area contributed by atoms with E-state index in [0.29, 0.717) is 5.41 Å². The maximum Gasteiger partial charge on any atom is 0.191 e. The van der Waals surface area contributed by atoms with Crippen LogP contribution in [-0.4, -0.2) is 25.6 Å². The number of nitrogens with zero attached hydrogens (tertiary/aromatic N) is 1. The van der Waals surface area contributed by atoms with Gasteiger partial charge >= 0.3 is 0 Å². The molecule has 0 bridgehead atoms. The Balaban J connectivity index is 1.88. The molecule has 92 valence electrons. The molecule has 0 saturated heterocycles. The van der Waals surface area contributed by atoms with E-state index < -0.39 is 0 Å². The van der Waals surface area contributed by atoms with Gasteiger partial charge in [0.1, 0.15) is 0 Å². The molecule has 2 N–H and O–H groups in total. The molecule has 0 spiro atoms. The largest absolute Gasteiger partial charge is 0.357 e. The number of guanidine groups is 1. The number of hydrogen-bond acceptors (Lipinski definition) is 1. The number of nitrogens with one attached hydrogen (secondary N) is 2. The van der Waals surface area contributed by atoms with E-state index in [1.54, 1.807) is 0 Å². The Labute approximate surface area is 99.1 Å². The van der Waals surface area contributed by atoms with Gasteiger partial charge in [0.25, 0.3) is 0 Å². The summed E-state index contributed by atoms with van der Waals surface area (Å²) in [6.45, 7) is 7.16. The van der Waals surface area contributed by atoms with Crippen LogP contribution in [0, 0.1) is 11.3 Å². The molecule has 0 unspecified atom stereocenters. The molecular formula is C13H25N3. The van der Waals surface area contributed by atoms with Crippen molar-refractivity contribution in [3.05, 3.63) is 0 Å². The first kappa shape index (κ1) is 11.7. The second kappa shape index (κ2) is 5.07. The monoisotopic (exact) mass is 223 g/mol. The van der Waals surface area contributed by atoms with Crippen molar-refractivity contribution < 1.29 is 0 Å². The van der Waals surface area contributed by atoms with Gasteiger partial charge in [-0.2, -0.15) is 0 Å². The molecule has 2 rings (SSSR count). The van der Waals surface area contributed by atoms with Crippen molar-refractivity contribution in [3.63, 3.8) is 0 Å². The average Bonchev–Trinajstić information content (AvgIpc) is 3.01. The highest BCUT2D eigenvalue weighted by molar-refractivity contribution is 5.79. The van der Waals surface area contributed by atoms with Gasteiger partial charge in [0, 0.05) is 19.6 Å². The molecule has 0 amide bonds. The van der Waals surface area contributed by atoms with Crippen LogP contribution in [0.2, 0.25) is 0 Å². The minimum atomic E-state index is 0.593. The number of hydrogen-bond donors (Lipinski definition) is 2. The Hall–Kier alpha value is -0.730. The van der Waals surface area contributed by atoms with Crippen LogP contribution in [0.5, 0.6) is 0 Å². The fourth-order valence-electron chi connectivity index (χ4n) is 2.77. The Bertz CT molecular complexity index is 244. The van der Waals surface area contributed by atoms with Gasteiger partial charge in [-0.05, 0) is 50.9 Å². The lowest BCUT2D eigenvalue weighted by atomic mass is 9.65. The SMILES string of the molecule is CCNC(=NCC1(C2CC2)CCC1)NCC. The quantitative estimate of drug-likeness (QED) is 0.553. The van der Waals surface area contributed by atoms with E-state index in [1.165, 1.54) is 32.1 Å². The molecule has 2 aliphatic carbocycles. The zero-order valence-electron chi connectivity index (χ0n) is 10.7. The molecule has 3 nitrogen and oxygen atoms in total. The van der Waals surface area contributed by atoms with E-state index in [2.05, 4.69) is 24.5 Å². The lowest BCUT2D eigenvalue weighted by Crippen LogP contribution is -2.40. The third kappa shape index (κ3) is 2.50. The third-order valence-electron chi connectivity index (χ3n) is 4.03. The normalized spacial score (nSPS) is 22.1. The Kier molecular flexibility index (Phi) is 3.72. The molecule has 0 atom stereocenters. The zero-order valence-corrected chi connectivity index (χ0v) is 10.7. The fourth-order valence-corrected chi connectivity index (χ4v) is 2.77. The molecule has 2 aliphatic rings. The second-order valence-corrected chi connectivity index (χ2v) is 5.22. The van der Waals surface area contributed by atoms with E-state index in [-0.39, 0.29) is 0 Å². The molecule has 0 aromatic heterocycles. The number of aliphatic imine (C=N–C) groups is 1. The maximum atomic E-state index is 4.75. The van der Waals surface area contributed by atoms with E-state index in [1.807, 2.05) is 0 Å². The minimum absolute atomic E-state index is 0.593. The predicted molar refractivity (Wildman–Crippen MR) is 68.7 cm³/mol. The van der Waals surface area contributed by atoms with Crippen molar-refractivity contribution in [2.75, 3.05) is 19.6 Å². The lowest BCUT2D eigenvalue weighted by Gasteiger charge is -2.41. The van der Waals surface area contributed by atoms with Crippen molar-refractivity contribution in [1.82, 2.24) is 10.6 Å². The zero-order chi connectivity index (χ0) is 11.4. The predicted octanol–water partition coefficient (Wildman–Crippen LogP) is 2.14. The summed E-state index contributed by atoms with van der Waals surface area (Å²) in [5.41, 5.74) is 0.593. The molecule has 16 heavy (non-hydrogen) atoms. The summed E-state index contributed by atoms with van der Waals surface area (Å²) in [6.07, 6.45) is 7.14. The van der Waals surface area contributed by atoms with Crippen LogP contribution in [0.25, 0.3) is 0 Å². The second-order valence-electron chi connectivity index (χ2n) is 5.22. The highest BCUT2D eigenvalue weighted by atomic mass is 15.2. The van der Waals surface area contributed by atoms with Gasteiger partial charge in [-0.25, -0.2) is 0 Å².